The van der Waals surface area contributed by atoms with Crippen LogP contribution in [0.5, 0.6) is 0 Å². The Bertz CT molecular complexity index is 655. The molecule has 0 aliphatic heterocycles. The summed E-state index contributed by atoms with van der Waals surface area (Å²) in [7, 11) is 0. The predicted molar refractivity (Wildman–Crippen MR) is 85.7 cm³/mol. The number of halogens is 3. The first-order valence-corrected chi connectivity index (χ1v) is 7.34. The molecule has 2 atom stereocenters. The van der Waals surface area contributed by atoms with E-state index in [0.717, 1.165) is 17.7 Å². The van der Waals surface area contributed by atoms with Crippen molar-refractivity contribution in [1.82, 2.24) is 0 Å². The molecular formula is C19H19F3O. The Morgan fingerprint density at radius 2 is 1.43 bits per heavy atom. The van der Waals surface area contributed by atoms with Gasteiger partial charge in [0.25, 0.3) is 0 Å². The molecule has 0 spiro atoms. The molecule has 0 heterocycles. The van der Waals surface area contributed by atoms with E-state index in [9.17, 15) is 18.3 Å². The van der Waals surface area contributed by atoms with E-state index in [1.807, 2.05) is 49.4 Å². The topological polar surface area (TPSA) is 20.2 Å². The Morgan fingerprint density at radius 3 is 1.96 bits per heavy atom. The van der Waals surface area contributed by atoms with E-state index in [-0.39, 0.29) is 5.92 Å². The van der Waals surface area contributed by atoms with E-state index in [2.05, 4.69) is 0 Å². The summed E-state index contributed by atoms with van der Waals surface area (Å²) in [5.41, 5.74) is -0.516. The Labute approximate surface area is 134 Å². The van der Waals surface area contributed by atoms with E-state index in [4.69, 9.17) is 0 Å². The van der Waals surface area contributed by atoms with Crippen molar-refractivity contribution in [1.29, 1.82) is 0 Å². The van der Waals surface area contributed by atoms with Crippen molar-refractivity contribution in [2.75, 3.05) is 0 Å². The molecule has 122 valence electrons. The minimum atomic E-state index is -4.37. The van der Waals surface area contributed by atoms with Gasteiger partial charge in [-0.2, -0.15) is 13.2 Å². The maximum absolute atomic E-state index is 12.6. The Kier molecular flexibility index (Phi) is 4.95. The van der Waals surface area contributed by atoms with E-state index in [0.29, 0.717) is 5.56 Å². The van der Waals surface area contributed by atoms with Gasteiger partial charge < -0.3 is 5.11 Å². The Balaban J connectivity index is 2.18. The second-order valence-corrected chi connectivity index (χ2v) is 5.78. The molecule has 0 aliphatic rings. The second-order valence-electron chi connectivity index (χ2n) is 5.78. The summed E-state index contributed by atoms with van der Waals surface area (Å²) in [5.74, 6) is -0.264. The predicted octanol–water partition coefficient (Wildman–Crippen LogP) is 5.26. The normalized spacial score (nSPS) is 16.3. The van der Waals surface area contributed by atoms with Gasteiger partial charge in [0.05, 0.1) is 11.2 Å². The first-order chi connectivity index (χ1) is 10.7. The van der Waals surface area contributed by atoms with Crippen LogP contribution in [0.15, 0.2) is 60.7 Å². The minimum absolute atomic E-state index is 0.264. The molecule has 0 aliphatic carbocycles. The van der Waals surface area contributed by atoms with Crippen LogP contribution in [0.3, 0.4) is 0 Å². The van der Waals surface area contributed by atoms with Gasteiger partial charge >= 0.3 is 6.18 Å². The first-order valence-electron chi connectivity index (χ1n) is 7.34. The molecule has 1 N–H and O–H groups in total. The molecule has 23 heavy (non-hydrogen) atoms. The van der Waals surface area contributed by atoms with Gasteiger partial charge in [0.1, 0.15) is 0 Å². The molecule has 2 rings (SSSR count). The SMILES string of the molecule is C[C@@H](/C=C\c1ccccc1)[C@@](C)(O)c1ccc(C(F)(F)F)cc1. The standard InChI is InChI=1S/C19H19F3O/c1-14(8-9-15-6-4-3-5-7-15)18(2,23)16-10-12-17(13-11-16)19(20,21)22/h3-14,23H,1-2H3/b9-8-/t14-,18+/m0/s1. The molecule has 0 aromatic heterocycles. The Hall–Kier alpha value is -2.07. The van der Waals surface area contributed by atoms with Crippen molar-refractivity contribution in [3.8, 4) is 0 Å². The van der Waals surface area contributed by atoms with Crippen LogP contribution < -0.4 is 0 Å². The highest BCUT2D eigenvalue weighted by molar-refractivity contribution is 5.49. The summed E-state index contributed by atoms with van der Waals surface area (Å²) >= 11 is 0. The largest absolute Gasteiger partial charge is 0.416 e. The van der Waals surface area contributed by atoms with Gasteiger partial charge in [-0.15, -0.1) is 0 Å². The van der Waals surface area contributed by atoms with E-state index < -0.39 is 17.3 Å². The third-order valence-electron chi connectivity index (χ3n) is 4.06. The lowest BCUT2D eigenvalue weighted by molar-refractivity contribution is -0.137. The van der Waals surface area contributed by atoms with Crippen LogP contribution in [-0.4, -0.2) is 5.11 Å². The van der Waals surface area contributed by atoms with Crippen LogP contribution in [-0.2, 0) is 11.8 Å². The zero-order chi connectivity index (χ0) is 17.1. The van der Waals surface area contributed by atoms with Crippen molar-refractivity contribution < 1.29 is 18.3 Å². The summed E-state index contributed by atoms with van der Waals surface area (Å²) in [6.45, 7) is 3.44. The lowest BCUT2D eigenvalue weighted by atomic mass is 9.83. The third-order valence-corrected chi connectivity index (χ3v) is 4.06. The number of hydrogen-bond donors (Lipinski definition) is 1. The quantitative estimate of drug-likeness (QED) is 0.814. The average molecular weight is 320 g/mol. The first kappa shape index (κ1) is 17.3. The van der Waals surface area contributed by atoms with Crippen molar-refractivity contribution in [2.45, 2.75) is 25.6 Å². The molecule has 0 unspecified atom stereocenters. The fraction of sp³-hybridized carbons (Fsp3) is 0.263. The van der Waals surface area contributed by atoms with Crippen molar-refractivity contribution >= 4 is 6.08 Å². The zero-order valence-electron chi connectivity index (χ0n) is 13.0. The molecule has 0 fully saturated rings. The molecule has 0 saturated heterocycles. The summed E-state index contributed by atoms with van der Waals surface area (Å²) in [6, 6.07) is 14.3. The number of aliphatic hydroxyl groups is 1. The number of hydrogen-bond acceptors (Lipinski definition) is 1. The average Bonchev–Trinajstić information content (AvgIpc) is 2.52. The molecule has 0 amide bonds. The Morgan fingerprint density at radius 1 is 0.913 bits per heavy atom. The highest BCUT2D eigenvalue weighted by Gasteiger charge is 2.32. The second kappa shape index (κ2) is 6.59. The summed E-state index contributed by atoms with van der Waals surface area (Å²) in [4.78, 5) is 0. The molecular weight excluding hydrogens is 301 g/mol. The minimum Gasteiger partial charge on any atom is -0.385 e. The van der Waals surface area contributed by atoms with Crippen LogP contribution in [0, 0.1) is 5.92 Å². The maximum atomic E-state index is 12.6. The van der Waals surface area contributed by atoms with Crippen LogP contribution in [0.25, 0.3) is 6.08 Å². The zero-order valence-corrected chi connectivity index (χ0v) is 13.0. The fourth-order valence-corrected chi connectivity index (χ4v) is 2.27. The van der Waals surface area contributed by atoms with Crippen LogP contribution >= 0.6 is 0 Å². The lowest BCUT2D eigenvalue weighted by Gasteiger charge is -2.29. The van der Waals surface area contributed by atoms with Gasteiger partial charge in [0, 0.05) is 5.92 Å². The van der Waals surface area contributed by atoms with Crippen molar-refractivity contribution in [3.05, 3.63) is 77.4 Å². The summed E-state index contributed by atoms with van der Waals surface area (Å²) in [5, 5.41) is 10.7. The van der Waals surface area contributed by atoms with E-state index in [1.165, 1.54) is 12.1 Å². The molecule has 0 saturated carbocycles. The van der Waals surface area contributed by atoms with Gasteiger partial charge in [-0.1, -0.05) is 61.5 Å². The van der Waals surface area contributed by atoms with Crippen LogP contribution in [0.1, 0.15) is 30.5 Å². The van der Waals surface area contributed by atoms with Gasteiger partial charge in [-0.25, -0.2) is 0 Å². The molecule has 0 bridgehead atoms. The van der Waals surface area contributed by atoms with E-state index in [1.54, 1.807) is 6.92 Å². The molecule has 4 heteroatoms. The molecule has 0 radical (unpaired) electrons. The highest BCUT2D eigenvalue weighted by atomic mass is 19.4. The molecule has 1 nitrogen and oxygen atoms in total. The van der Waals surface area contributed by atoms with Gasteiger partial charge in [-0.3, -0.25) is 0 Å². The fourth-order valence-electron chi connectivity index (χ4n) is 2.27. The van der Waals surface area contributed by atoms with Gasteiger partial charge in [-0.05, 0) is 30.2 Å². The number of benzene rings is 2. The molecule has 2 aromatic rings. The number of alkyl halides is 3. The molecule has 2 aromatic carbocycles. The van der Waals surface area contributed by atoms with Crippen LogP contribution in [0.2, 0.25) is 0 Å². The third kappa shape index (κ3) is 4.23. The lowest BCUT2D eigenvalue weighted by Crippen LogP contribution is -2.28. The van der Waals surface area contributed by atoms with Gasteiger partial charge in [0.2, 0.25) is 0 Å². The smallest absolute Gasteiger partial charge is 0.385 e. The van der Waals surface area contributed by atoms with Gasteiger partial charge in [0.15, 0.2) is 0 Å². The monoisotopic (exact) mass is 320 g/mol. The maximum Gasteiger partial charge on any atom is 0.416 e. The van der Waals surface area contributed by atoms with Crippen molar-refractivity contribution in [3.63, 3.8) is 0 Å². The summed E-state index contributed by atoms with van der Waals surface area (Å²) < 4.78 is 37.8. The highest BCUT2D eigenvalue weighted by Crippen LogP contribution is 2.34. The number of rotatable bonds is 4. The van der Waals surface area contributed by atoms with Crippen LogP contribution in [0.4, 0.5) is 13.2 Å². The van der Waals surface area contributed by atoms with E-state index >= 15 is 0 Å². The van der Waals surface area contributed by atoms with Crippen molar-refractivity contribution in [2.24, 2.45) is 5.92 Å². The summed E-state index contributed by atoms with van der Waals surface area (Å²) in [6.07, 6.45) is -0.626.